The average molecular weight is 477 g/mol. The molecule has 0 aliphatic carbocycles. The Morgan fingerprint density at radius 3 is 2.65 bits per heavy atom. The lowest BCUT2D eigenvalue weighted by Crippen LogP contribution is -2.31. The zero-order valence-corrected chi connectivity index (χ0v) is 18.9. The molecule has 1 aliphatic rings. The van der Waals surface area contributed by atoms with Gasteiger partial charge in [-0.1, -0.05) is 12.1 Å². The minimum absolute atomic E-state index is 0.00831. The molecule has 1 amide bonds. The number of aromatic nitrogens is 1. The molecule has 11 heteroatoms. The van der Waals surface area contributed by atoms with E-state index in [1.54, 1.807) is 36.4 Å². The Labute approximate surface area is 200 Å². The zero-order valence-electron chi connectivity index (χ0n) is 18.0. The van der Waals surface area contributed by atoms with Crippen molar-refractivity contribution >= 4 is 34.6 Å². The average Bonchev–Trinajstić information content (AvgIpc) is 3.30. The lowest BCUT2D eigenvalue weighted by Gasteiger charge is -2.21. The second kappa shape index (κ2) is 9.63. The molecule has 34 heavy (non-hydrogen) atoms. The summed E-state index contributed by atoms with van der Waals surface area (Å²) in [5.74, 6) is 0.739. The van der Waals surface area contributed by atoms with E-state index in [0.29, 0.717) is 23.5 Å². The highest BCUT2D eigenvalue weighted by atomic mass is 32.1. The second-order valence-electron chi connectivity index (χ2n) is 7.38. The van der Waals surface area contributed by atoms with Crippen molar-refractivity contribution in [1.29, 1.82) is 0 Å². The van der Waals surface area contributed by atoms with Gasteiger partial charge in [-0.15, -0.1) is 0 Å². The number of nitro benzene ring substituents is 1. The molecule has 1 atom stereocenters. The Kier molecular flexibility index (Phi) is 6.46. The van der Waals surface area contributed by atoms with E-state index in [1.807, 2.05) is 12.1 Å². The maximum Gasteiger partial charge on any atom is 0.269 e. The van der Waals surface area contributed by atoms with Gasteiger partial charge >= 0.3 is 0 Å². The molecule has 0 radical (unpaired) electrons. The predicted octanol–water partition coefficient (Wildman–Crippen LogP) is 3.54. The van der Waals surface area contributed by atoms with Crippen molar-refractivity contribution in [2.75, 3.05) is 7.05 Å². The quantitative estimate of drug-likeness (QED) is 0.313. The monoisotopic (exact) mass is 476 g/mol. The predicted molar refractivity (Wildman–Crippen MR) is 130 cm³/mol. The number of hydrogen-bond donors (Lipinski definition) is 2. The molecule has 0 bridgehead atoms. The fraction of sp³-hybridized carbons (Fsp3) is 0.130. The van der Waals surface area contributed by atoms with Crippen LogP contribution in [0.2, 0.25) is 0 Å². The minimum Gasteiger partial charge on any atom is -0.457 e. The summed E-state index contributed by atoms with van der Waals surface area (Å²) in [5.41, 5.74) is 8.40. The van der Waals surface area contributed by atoms with Crippen LogP contribution in [0.1, 0.15) is 34.1 Å². The molecule has 2 aromatic carbocycles. The molecule has 0 saturated carbocycles. The van der Waals surface area contributed by atoms with Crippen molar-refractivity contribution in [3.8, 4) is 11.5 Å². The molecule has 0 saturated heterocycles. The third-order valence-electron chi connectivity index (χ3n) is 5.22. The largest absolute Gasteiger partial charge is 0.457 e. The standard InChI is InChI=1S/C23H20N6O4S/c1-25-22(30)20-12-18(9-10-26-20)33-17-7-5-14(6-8-17)19-13-21(28(27-19)23(24)34)15-3-2-4-16(11-15)29(31)32/h2-12,21H,13H2,1H3,(H2,24,34)(H,25,30). The lowest BCUT2D eigenvalue weighted by atomic mass is 9.98. The van der Waals surface area contributed by atoms with E-state index in [2.05, 4.69) is 15.4 Å². The van der Waals surface area contributed by atoms with E-state index in [1.165, 1.54) is 30.4 Å². The first kappa shape index (κ1) is 22.8. The Morgan fingerprint density at radius 2 is 1.97 bits per heavy atom. The number of nitrogens with one attached hydrogen (secondary N) is 1. The van der Waals surface area contributed by atoms with Crippen LogP contribution in [0.3, 0.4) is 0 Å². The van der Waals surface area contributed by atoms with Gasteiger partial charge in [0.05, 0.1) is 16.7 Å². The Morgan fingerprint density at radius 1 is 1.21 bits per heavy atom. The van der Waals surface area contributed by atoms with Crippen molar-refractivity contribution in [3.05, 3.63) is 93.8 Å². The van der Waals surface area contributed by atoms with E-state index < -0.39 is 4.92 Å². The van der Waals surface area contributed by atoms with Gasteiger partial charge in [0.15, 0.2) is 5.11 Å². The number of rotatable bonds is 6. The number of carbonyl (C=O) groups is 1. The number of non-ortho nitro benzene ring substituents is 1. The maximum atomic E-state index is 11.8. The van der Waals surface area contributed by atoms with Crippen LogP contribution in [-0.4, -0.2) is 38.7 Å². The van der Waals surface area contributed by atoms with Gasteiger partial charge < -0.3 is 15.8 Å². The molecular weight excluding hydrogens is 456 g/mol. The highest BCUT2D eigenvalue weighted by Crippen LogP contribution is 2.34. The maximum absolute atomic E-state index is 11.8. The summed E-state index contributed by atoms with van der Waals surface area (Å²) in [5, 5.41) is 19.8. The summed E-state index contributed by atoms with van der Waals surface area (Å²) in [6, 6.07) is 16.5. The lowest BCUT2D eigenvalue weighted by molar-refractivity contribution is -0.384. The van der Waals surface area contributed by atoms with Gasteiger partial charge in [0.2, 0.25) is 0 Å². The third kappa shape index (κ3) is 4.84. The topological polar surface area (TPSA) is 136 Å². The van der Waals surface area contributed by atoms with Gasteiger partial charge in [0.1, 0.15) is 17.2 Å². The molecule has 1 unspecified atom stereocenters. The van der Waals surface area contributed by atoms with Crippen LogP contribution in [0.15, 0.2) is 72.0 Å². The van der Waals surface area contributed by atoms with Gasteiger partial charge in [-0.2, -0.15) is 5.10 Å². The number of benzene rings is 2. The molecule has 10 nitrogen and oxygen atoms in total. The van der Waals surface area contributed by atoms with Gasteiger partial charge in [0, 0.05) is 37.9 Å². The first-order valence-electron chi connectivity index (χ1n) is 10.2. The van der Waals surface area contributed by atoms with Crippen molar-refractivity contribution in [1.82, 2.24) is 15.3 Å². The summed E-state index contributed by atoms with van der Waals surface area (Å²) < 4.78 is 5.84. The van der Waals surface area contributed by atoms with Crippen molar-refractivity contribution in [2.45, 2.75) is 12.5 Å². The molecular formula is C23H20N6O4S. The van der Waals surface area contributed by atoms with Crippen molar-refractivity contribution in [2.24, 2.45) is 10.8 Å². The van der Waals surface area contributed by atoms with Gasteiger partial charge in [-0.3, -0.25) is 19.9 Å². The van der Waals surface area contributed by atoms with Crippen LogP contribution in [0.5, 0.6) is 11.5 Å². The summed E-state index contributed by atoms with van der Waals surface area (Å²) in [6.07, 6.45) is 1.97. The van der Waals surface area contributed by atoms with E-state index in [-0.39, 0.29) is 28.4 Å². The first-order valence-corrected chi connectivity index (χ1v) is 10.6. The number of carbonyl (C=O) groups excluding carboxylic acids is 1. The van der Waals surface area contributed by atoms with Crippen LogP contribution in [0.25, 0.3) is 0 Å². The molecule has 0 spiro atoms. The summed E-state index contributed by atoms with van der Waals surface area (Å²) in [6.45, 7) is 0. The van der Waals surface area contributed by atoms with Crippen LogP contribution >= 0.6 is 12.2 Å². The normalized spacial score (nSPS) is 14.9. The number of hydrazone groups is 1. The van der Waals surface area contributed by atoms with E-state index in [4.69, 9.17) is 22.7 Å². The summed E-state index contributed by atoms with van der Waals surface area (Å²) in [7, 11) is 1.53. The minimum atomic E-state index is -0.440. The molecule has 1 aromatic heterocycles. The van der Waals surface area contributed by atoms with E-state index in [9.17, 15) is 14.9 Å². The highest BCUT2D eigenvalue weighted by Gasteiger charge is 2.31. The number of ether oxygens (including phenoxy) is 1. The van der Waals surface area contributed by atoms with E-state index in [0.717, 1.165) is 11.3 Å². The number of nitrogens with zero attached hydrogens (tertiary/aromatic N) is 4. The van der Waals surface area contributed by atoms with Gasteiger partial charge in [-0.05, 0) is 53.7 Å². The molecule has 0 fully saturated rings. The summed E-state index contributed by atoms with van der Waals surface area (Å²) in [4.78, 5) is 26.5. The second-order valence-corrected chi connectivity index (χ2v) is 7.80. The summed E-state index contributed by atoms with van der Waals surface area (Å²) >= 11 is 5.16. The number of amides is 1. The third-order valence-corrected chi connectivity index (χ3v) is 5.40. The molecule has 2 heterocycles. The smallest absolute Gasteiger partial charge is 0.269 e. The van der Waals surface area contributed by atoms with Crippen LogP contribution in [0.4, 0.5) is 5.69 Å². The number of nitro groups is 1. The Bertz CT molecular complexity index is 1290. The number of thiocarbonyl (C=S) groups is 1. The molecule has 3 N–H and O–H groups in total. The van der Waals surface area contributed by atoms with Gasteiger partial charge in [-0.25, -0.2) is 5.01 Å². The Hall–Kier alpha value is -4.38. The Balaban J connectivity index is 1.53. The fourth-order valence-electron chi connectivity index (χ4n) is 3.57. The van der Waals surface area contributed by atoms with Crippen molar-refractivity contribution < 1.29 is 14.5 Å². The van der Waals surface area contributed by atoms with Crippen molar-refractivity contribution in [3.63, 3.8) is 0 Å². The molecule has 1 aliphatic heterocycles. The number of nitrogens with two attached hydrogens (primary N) is 1. The fourth-order valence-corrected chi connectivity index (χ4v) is 3.74. The number of hydrogen-bond acceptors (Lipinski definition) is 7. The van der Waals surface area contributed by atoms with Crippen LogP contribution in [0, 0.1) is 10.1 Å². The molecule has 3 aromatic rings. The SMILES string of the molecule is CNC(=O)c1cc(Oc2ccc(C3=NN(C(N)=S)C(c4cccc([N+](=O)[O-])c4)C3)cc2)ccn1. The van der Waals surface area contributed by atoms with Crippen LogP contribution < -0.4 is 15.8 Å². The molecule has 172 valence electrons. The highest BCUT2D eigenvalue weighted by molar-refractivity contribution is 7.80. The number of pyridine rings is 1. The molecule has 4 rings (SSSR count). The van der Waals surface area contributed by atoms with E-state index >= 15 is 0 Å². The first-order chi connectivity index (χ1) is 16.4. The zero-order chi connectivity index (χ0) is 24.2. The van der Waals surface area contributed by atoms with Crippen LogP contribution in [-0.2, 0) is 0 Å². The van der Waals surface area contributed by atoms with Gasteiger partial charge in [0.25, 0.3) is 11.6 Å².